The van der Waals surface area contributed by atoms with Gasteiger partial charge >= 0.3 is 0 Å². The average Bonchev–Trinajstić information content (AvgIpc) is 3.13. The number of hydrazine groups is 1. The van der Waals surface area contributed by atoms with Crippen molar-refractivity contribution >= 4 is 11.8 Å². The van der Waals surface area contributed by atoms with Gasteiger partial charge in [-0.05, 0) is 37.6 Å². The number of benzene rings is 1. The number of para-hydroxylation sites is 2. The molecule has 2 amide bonds. The Hall–Kier alpha value is -2.96. The van der Waals surface area contributed by atoms with Crippen LogP contribution in [0, 0.1) is 0 Å². The van der Waals surface area contributed by atoms with Crippen LogP contribution in [0.5, 0.6) is 11.5 Å². The lowest BCUT2D eigenvalue weighted by atomic mass is 10.3. The van der Waals surface area contributed by atoms with Gasteiger partial charge in [-0.3, -0.25) is 20.4 Å². The van der Waals surface area contributed by atoms with E-state index in [1.165, 1.54) is 0 Å². The molecule has 0 bridgehead atoms. The minimum Gasteiger partial charge on any atom is -0.490 e. The van der Waals surface area contributed by atoms with Crippen molar-refractivity contribution in [2.45, 2.75) is 19.8 Å². The van der Waals surface area contributed by atoms with E-state index in [0.29, 0.717) is 36.8 Å². The predicted molar refractivity (Wildman–Crippen MR) is 88.7 cm³/mol. The van der Waals surface area contributed by atoms with Gasteiger partial charge in [-0.1, -0.05) is 12.1 Å². The summed E-state index contributed by atoms with van der Waals surface area (Å²) in [5.41, 5.74) is 5.08. The van der Waals surface area contributed by atoms with Crippen molar-refractivity contribution in [3.8, 4) is 11.5 Å². The van der Waals surface area contributed by atoms with Crippen LogP contribution >= 0.6 is 0 Å². The van der Waals surface area contributed by atoms with Crippen molar-refractivity contribution in [3.63, 3.8) is 0 Å². The van der Waals surface area contributed by atoms with Crippen molar-refractivity contribution in [3.05, 3.63) is 48.3 Å². The zero-order valence-corrected chi connectivity index (χ0v) is 13.5. The van der Waals surface area contributed by atoms with Crippen LogP contribution in [0.1, 0.15) is 30.3 Å². The molecule has 0 aliphatic carbocycles. The summed E-state index contributed by atoms with van der Waals surface area (Å²) >= 11 is 0. The highest BCUT2D eigenvalue weighted by Gasteiger charge is 2.08. The van der Waals surface area contributed by atoms with Crippen LogP contribution in [0.4, 0.5) is 0 Å². The van der Waals surface area contributed by atoms with Gasteiger partial charge in [0.25, 0.3) is 5.91 Å². The Morgan fingerprint density at radius 2 is 1.79 bits per heavy atom. The van der Waals surface area contributed by atoms with Gasteiger partial charge in [0, 0.05) is 12.6 Å². The zero-order valence-electron chi connectivity index (χ0n) is 13.5. The smallest absolute Gasteiger partial charge is 0.286 e. The normalized spacial score (nSPS) is 10.0. The fourth-order valence-electron chi connectivity index (χ4n) is 1.99. The van der Waals surface area contributed by atoms with Crippen molar-refractivity contribution < 1.29 is 19.1 Å². The first-order valence-corrected chi connectivity index (χ1v) is 7.78. The lowest BCUT2D eigenvalue weighted by Gasteiger charge is -2.11. The first kappa shape index (κ1) is 17.4. The van der Waals surface area contributed by atoms with E-state index in [1.54, 1.807) is 18.3 Å². The topological polar surface area (TPSA) is 92.4 Å². The van der Waals surface area contributed by atoms with Crippen molar-refractivity contribution in [1.82, 2.24) is 15.8 Å². The first-order chi connectivity index (χ1) is 11.7. The molecule has 0 aliphatic rings. The van der Waals surface area contributed by atoms with E-state index < -0.39 is 5.91 Å². The maximum Gasteiger partial charge on any atom is 0.286 e. The van der Waals surface area contributed by atoms with Gasteiger partial charge < -0.3 is 14.5 Å². The highest BCUT2D eigenvalue weighted by atomic mass is 16.5. The molecular formula is C17H21N3O4. The lowest BCUT2D eigenvalue weighted by molar-refractivity contribution is -0.122. The SMILES string of the molecule is CCOc1ccccc1OCCCC(=O)NNC(=O)c1ccc[nH]1. The van der Waals surface area contributed by atoms with Crippen LogP contribution < -0.4 is 20.3 Å². The quantitative estimate of drug-likeness (QED) is 0.510. The van der Waals surface area contributed by atoms with E-state index in [-0.39, 0.29) is 12.3 Å². The van der Waals surface area contributed by atoms with Gasteiger partial charge in [0.2, 0.25) is 5.91 Å². The molecule has 3 N–H and O–H groups in total. The maximum atomic E-state index is 11.7. The molecule has 0 radical (unpaired) electrons. The molecule has 1 aromatic heterocycles. The van der Waals surface area contributed by atoms with E-state index in [9.17, 15) is 9.59 Å². The molecule has 7 heteroatoms. The van der Waals surface area contributed by atoms with E-state index >= 15 is 0 Å². The van der Waals surface area contributed by atoms with Gasteiger partial charge in [0.05, 0.1) is 13.2 Å². The zero-order chi connectivity index (χ0) is 17.2. The van der Waals surface area contributed by atoms with Crippen LogP contribution in [-0.4, -0.2) is 30.0 Å². The predicted octanol–water partition coefficient (Wildman–Crippen LogP) is 2.03. The Labute approximate surface area is 140 Å². The third kappa shape index (κ3) is 5.35. The Balaban J connectivity index is 1.65. The third-order valence-electron chi connectivity index (χ3n) is 3.11. The van der Waals surface area contributed by atoms with Gasteiger partial charge in [-0.15, -0.1) is 0 Å². The van der Waals surface area contributed by atoms with Crippen LogP contribution in [0.3, 0.4) is 0 Å². The van der Waals surface area contributed by atoms with Crippen molar-refractivity contribution in [1.29, 1.82) is 0 Å². The van der Waals surface area contributed by atoms with E-state index in [1.807, 2.05) is 31.2 Å². The van der Waals surface area contributed by atoms with Crippen LogP contribution in [-0.2, 0) is 4.79 Å². The summed E-state index contributed by atoms with van der Waals surface area (Å²) in [6.45, 7) is 2.84. The molecule has 0 atom stereocenters. The summed E-state index contributed by atoms with van der Waals surface area (Å²) < 4.78 is 11.1. The van der Waals surface area contributed by atoms with Gasteiger partial charge in [-0.25, -0.2) is 0 Å². The molecule has 2 rings (SSSR count). The van der Waals surface area contributed by atoms with Crippen LogP contribution in [0.25, 0.3) is 0 Å². The van der Waals surface area contributed by atoms with E-state index in [4.69, 9.17) is 9.47 Å². The molecule has 2 aromatic rings. The second kappa shape index (κ2) is 9.24. The Bertz CT molecular complexity index is 656. The molecule has 0 aliphatic heterocycles. The summed E-state index contributed by atoms with van der Waals surface area (Å²) in [4.78, 5) is 26.1. The number of carbonyl (C=O) groups is 2. The minimum atomic E-state index is -0.393. The number of aromatic nitrogens is 1. The van der Waals surface area contributed by atoms with Crippen molar-refractivity contribution in [2.75, 3.05) is 13.2 Å². The van der Waals surface area contributed by atoms with Gasteiger partial charge in [0.15, 0.2) is 11.5 Å². The summed E-state index contributed by atoms with van der Waals surface area (Å²) in [6.07, 6.45) is 2.39. The fraction of sp³-hybridized carbons (Fsp3) is 0.294. The van der Waals surface area contributed by atoms with Gasteiger partial charge in [0.1, 0.15) is 5.69 Å². The summed E-state index contributed by atoms with van der Waals surface area (Å²) in [6, 6.07) is 10.7. The minimum absolute atomic E-state index is 0.238. The number of rotatable bonds is 8. The Kier molecular flexibility index (Phi) is 6.70. The molecule has 0 fully saturated rings. The Morgan fingerprint density at radius 1 is 1.04 bits per heavy atom. The number of H-pyrrole nitrogens is 1. The summed E-state index contributed by atoms with van der Waals surface area (Å²) in [7, 11) is 0. The first-order valence-electron chi connectivity index (χ1n) is 7.78. The standard InChI is InChI=1S/C17H21N3O4/c1-2-23-14-8-3-4-9-15(14)24-12-6-10-16(21)19-20-17(22)13-7-5-11-18-13/h3-5,7-9,11,18H,2,6,10,12H2,1H3,(H,19,21)(H,20,22). The monoisotopic (exact) mass is 331 g/mol. The number of hydrogen-bond acceptors (Lipinski definition) is 4. The molecule has 7 nitrogen and oxygen atoms in total. The number of hydrogen-bond donors (Lipinski definition) is 3. The lowest BCUT2D eigenvalue weighted by Crippen LogP contribution is -2.41. The molecule has 0 spiro atoms. The second-order valence-corrected chi connectivity index (χ2v) is 4.92. The highest BCUT2D eigenvalue weighted by Crippen LogP contribution is 2.26. The average molecular weight is 331 g/mol. The van der Waals surface area contributed by atoms with Gasteiger partial charge in [-0.2, -0.15) is 0 Å². The highest BCUT2D eigenvalue weighted by molar-refractivity contribution is 5.93. The molecule has 24 heavy (non-hydrogen) atoms. The number of ether oxygens (including phenoxy) is 2. The second-order valence-electron chi connectivity index (χ2n) is 4.92. The summed E-state index contributed by atoms with van der Waals surface area (Å²) in [5, 5.41) is 0. The largest absolute Gasteiger partial charge is 0.490 e. The molecule has 0 saturated carbocycles. The maximum absolute atomic E-state index is 11.7. The molecule has 1 heterocycles. The number of nitrogens with one attached hydrogen (secondary N) is 3. The molecule has 1 aromatic carbocycles. The third-order valence-corrected chi connectivity index (χ3v) is 3.11. The number of aromatic amines is 1. The number of amides is 2. The van der Waals surface area contributed by atoms with E-state index in [0.717, 1.165) is 0 Å². The molecule has 0 unspecified atom stereocenters. The molecular weight excluding hydrogens is 310 g/mol. The van der Waals surface area contributed by atoms with Crippen molar-refractivity contribution in [2.24, 2.45) is 0 Å². The van der Waals surface area contributed by atoms with E-state index in [2.05, 4.69) is 15.8 Å². The molecule has 0 saturated heterocycles. The Morgan fingerprint density at radius 3 is 2.46 bits per heavy atom. The van der Waals surface area contributed by atoms with Crippen LogP contribution in [0.15, 0.2) is 42.6 Å². The molecule has 128 valence electrons. The fourth-order valence-corrected chi connectivity index (χ4v) is 1.99. The summed E-state index contributed by atoms with van der Waals surface area (Å²) in [5.74, 6) is 0.661. The number of carbonyl (C=O) groups excluding carboxylic acids is 2. The van der Waals surface area contributed by atoms with Crippen LogP contribution in [0.2, 0.25) is 0 Å².